The molecule has 0 saturated heterocycles. The molecule has 2 aromatic rings. The molecule has 0 fully saturated rings. The van der Waals surface area contributed by atoms with Crippen molar-refractivity contribution in [1.82, 2.24) is 4.90 Å². The first-order chi connectivity index (χ1) is 10.5. The van der Waals surface area contributed by atoms with Crippen molar-refractivity contribution in [1.29, 1.82) is 0 Å². The molecule has 1 amide bonds. The van der Waals surface area contributed by atoms with Crippen LogP contribution in [0.2, 0.25) is 0 Å². The minimum atomic E-state index is -0.900. The van der Waals surface area contributed by atoms with Crippen LogP contribution in [0.1, 0.15) is 17.5 Å². The number of rotatable bonds is 7. The fourth-order valence-electron chi connectivity index (χ4n) is 2.06. The van der Waals surface area contributed by atoms with E-state index in [9.17, 15) is 9.59 Å². The van der Waals surface area contributed by atoms with Gasteiger partial charge < -0.3 is 10.0 Å². The van der Waals surface area contributed by atoms with E-state index in [1.54, 1.807) is 16.2 Å². The molecular weight excluding hydrogens is 366 g/mol. The van der Waals surface area contributed by atoms with Gasteiger partial charge >= 0.3 is 5.97 Å². The highest BCUT2D eigenvalue weighted by atomic mass is 79.9. The number of nitrogens with zero attached hydrogens (tertiary/aromatic N) is 1. The largest absolute Gasteiger partial charge is 0.481 e. The number of amides is 1. The topological polar surface area (TPSA) is 57.6 Å². The second-order valence-corrected chi connectivity index (χ2v) is 6.59. The van der Waals surface area contributed by atoms with Gasteiger partial charge in [-0.25, -0.2) is 0 Å². The van der Waals surface area contributed by atoms with E-state index in [4.69, 9.17) is 5.11 Å². The summed E-state index contributed by atoms with van der Waals surface area (Å²) < 4.78 is 0.938. The van der Waals surface area contributed by atoms with E-state index in [1.807, 2.05) is 41.1 Å². The molecule has 116 valence electrons. The average molecular weight is 382 g/mol. The highest BCUT2D eigenvalue weighted by molar-refractivity contribution is 9.10. The summed E-state index contributed by atoms with van der Waals surface area (Å²) >= 11 is 4.95. The number of halogens is 1. The van der Waals surface area contributed by atoms with Gasteiger partial charge in [0.1, 0.15) is 0 Å². The van der Waals surface area contributed by atoms with Crippen LogP contribution in [-0.2, 0) is 22.6 Å². The Labute approximate surface area is 141 Å². The lowest BCUT2D eigenvalue weighted by molar-refractivity contribution is -0.138. The quantitative estimate of drug-likeness (QED) is 0.797. The van der Waals surface area contributed by atoms with E-state index in [0.29, 0.717) is 13.0 Å². The first-order valence-corrected chi connectivity index (χ1v) is 8.53. The van der Waals surface area contributed by atoms with Crippen molar-refractivity contribution < 1.29 is 14.7 Å². The van der Waals surface area contributed by atoms with Crippen LogP contribution in [0.3, 0.4) is 0 Å². The van der Waals surface area contributed by atoms with E-state index in [1.165, 1.54) is 0 Å². The van der Waals surface area contributed by atoms with Gasteiger partial charge in [0.15, 0.2) is 0 Å². The van der Waals surface area contributed by atoms with E-state index >= 15 is 0 Å². The summed E-state index contributed by atoms with van der Waals surface area (Å²) in [6, 6.07) is 9.59. The molecule has 1 N–H and O–H groups in total. The van der Waals surface area contributed by atoms with Gasteiger partial charge in [-0.1, -0.05) is 28.1 Å². The molecule has 22 heavy (non-hydrogen) atoms. The van der Waals surface area contributed by atoms with E-state index in [-0.39, 0.29) is 18.9 Å². The van der Waals surface area contributed by atoms with Crippen LogP contribution in [0, 0.1) is 0 Å². The Morgan fingerprint density at radius 1 is 1.23 bits per heavy atom. The Kier molecular flexibility index (Phi) is 6.15. The highest BCUT2D eigenvalue weighted by Crippen LogP contribution is 2.15. The van der Waals surface area contributed by atoms with Crippen molar-refractivity contribution >= 4 is 39.1 Å². The predicted molar refractivity (Wildman–Crippen MR) is 89.8 cm³/mol. The average Bonchev–Trinajstić information content (AvgIpc) is 2.96. The van der Waals surface area contributed by atoms with Crippen LogP contribution in [-0.4, -0.2) is 28.4 Å². The molecule has 0 bridgehead atoms. The van der Waals surface area contributed by atoms with Gasteiger partial charge in [0.25, 0.3) is 0 Å². The first kappa shape index (κ1) is 16.7. The zero-order valence-electron chi connectivity index (χ0n) is 11.9. The summed E-state index contributed by atoms with van der Waals surface area (Å²) in [7, 11) is 0. The second-order valence-electron chi connectivity index (χ2n) is 4.90. The van der Waals surface area contributed by atoms with Gasteiger partial charge in [0.2, 0.25) is 5.91 Å². The number of carboxylic acid groups (broad SMARTS) is 1. The number of carbonyl (C=O) groups is 2. The molecule has 0 aliphatic rings. The number of benzene rings is 1. The lowest BCUT2D eigenvalue weighted by Crippen LogP contribution is -2.33. The van der Waals surface area contributed by atoms with Gasteiger partial charge in [-0.05, 0) is 40.1 Å². The minimum Gasteiger partial charge on any atom is -0.481 e. The van der Waals surface area contributed by atoms with Crippen molar-refractivity contribution in [3.63, 3.8) is 0 Å². The minimum absolute atomic E-state index is 0.0522. The van der Waals surface area contributed by atoms with Crippen LogP contribution in [0.15, 0.2) is 45.6 Å². The molecule has 1 heterocycles. The first-order valence-electron chi connectivity index (χ1n) is 6.79. The molecule has 0 aliphatic heterocycles. The molecule has 0 spiro atoms. The maximum Gasteiger partial charge on any atom is 0.305 e. The Morgan fingerprint density at radius 2 is 2.05 bits per heavy atom. The van der Waals surface area contributed by atoms with Gasteiger partial charge in [-0.15, -0.1) is 0 Å². The third-order valence-corrected chi connectivity index (χ3v) is 4.37. The van der Waals surface area contributed by atoms with E-state index in [2.05, 4.69) is 15.9 Å². The number of carbonyl (C=O) groups excluding carboxylic acids is 1. The standard InChI is InChI=1S/C16H16BrNO3S/c17-14-3-1-2-12(8-14)10-18(6-4-16(20)21)15(19)9-13-5-7-22-11-13/h1-3,5,7-8,11H,4,6,9-10H2,(H,20,21). The molecule has 0 aliphatic carbocycles. The molecular formula is C16H16BrNO3S. The summed E-state index contributed by atoms with van der Waals surface area (Å²) in [6.45, 7) is 0.626. The monoisotopic (exact) mass is 381 g/mol. The number of aliphatic carboxylic acids is 1. The smallest absolute Gasteiger partial charge is 0.305 e. The zero-order valence-corrected chi connectivity index (χ0v) is 14.3. The summed E-state index contributed by atoms with van der Waals surface area (Å²) in [6.07, 6.45) is 0.250. The number of carboxylic acids is 1. The Hall–Kier alpha value is -1.66. The highest BCUT2D eigenvalue weighted by Gasteiger charge is 2.16. The van der Waals surface area contributed by atoms with Crippen LogP contribution < -0.4 is 0 Å². The van der Waals surface area contributed by atoms with Crippen LogP contribution in [0.25, 0.3) is 0 Å². The lowest BCUT2D eigenvalue weighted by Gasteiger charge is -2.22. The van der Waals surface area contributed by atoms with Gasteiger partial charge in [0.05, 0.1) is 12.8 Å². The zero-order chi connectivity index (χ0) is 15.9. The fraction of sp³-hybridized carbons (Fsp3) is 0.250. The maximum absolute atomic E-state index is 12.4. The number of hydrogen-bond donors (Lipinski definition) is 1. The molecule has 0 saturated carbocycles. The Balaban J connectivity index is 2.07. The van der Waals surface area contributed by atoms with Crippen molar-refractivity contribution in [2.45, 2.75) is 19.4 Å². The predicted octanol–water partition coefficient (Wildman–Crippen LogP) is 3.56. The van der Waals surface area contributed by atoms with E-state index < -0.39 is 5.97 Å². The third-order valence-electron chi connectivity index (χ3n) is 3.15. The molecule has 1 aromatic carbocycles. The molecule has 0 unspecified atom stereocenters. The Morgan fingerprint density at radius 3 is 2.68 bits per heavy atom. The van der Waals surface area contributed by atoms with Crippen LogP contribution in [0.5, 0.6) is 0 Å². The molecule has 1 aromatic heterocycles. The van der Waals surface area contributed by atoms with E-state index in [0.717, 1.165) is 15.6 Å². The maximum atomic E-state index is 12.4. The molecule has 2 rings (SSSR count). The summed E-state index contributed by atoms with van der Waals surface area (Å²) in [5, 5.41) is 12.7. The summed E-state index contributed by atoms with van der Waals surface area (Å²) in [5.41, 5.74) is 1.93. The van der Waals surface area contributed by atoms with Crippen molar-refractivity contribution in [3.05, 3.63) is 56.7 Å². The van der Waals surface area contributed by atoms with Gasteiger partial charge in [-0.2, -0.15) is 11.3 Å². The summed E-state index contributed by atoms with van der Waals surface area (Å²) in [4.78, 5) is 24.8. The normalized spacial score (nSPS) is 10.4. The fourth-order valence-corrected chi connectivity index (χ4v) is 3.17. The van der Waals surface area contributed by atoms with Crippen molar-refractivity contribution in [2.24, 2.45) is 0 Å². The van der Waals surface area contributed by atoms with Gasteiger partial charge in [0, 0.05) is 17.6 Å². The molecule has 4 nitrogen and oxygen atoms in total. The molecule has 6 heteroatoms. The Bertz CT molecular complexity index is 643. The summed E-state index contributed by atoms with van der Waals surface area (Å²) in [5.74, 6) is -0.956. The molecule has 0 atom stereocenters. The third kappa shape index (κ3) is 5.27. The van der Waals surface area contributed by atoms with Gasteiger partial charge in [-0.3, -0.25) is 9.59 Å². The van der Waals surface area contributed by atoms with Crippen LogP contribution >= 0.6 is 27.3 Å². The lowest BCUT2D eigenvalue weighted by atomic mass is 10.1. The number of hydrogen-bond acceptors (Lipinski definition) is 3. The SMILES string of the molecule is O=C(O)CCN(Cc1cccc(Br)c1)C(=O)Cc1ccsc1. The molecule has 0 radical (unpaired) electrons. The second kappa shape index (κ2) is 8.10. The van der Waals surface area contributed by atoms with Crippen LogP contribution in [0.4, 0.5) is 0 Å². The van der Waals surface area contributed by atoms with Crippen molar-refractivity contribution in [3.8, 4) is 0 Å². The number of thiophene rings is 1. The van der Waals surface area contributed by atoms with Crippen molar-refractivity contribution in [2.75, 3.05) is 6.54 Å².